The zero-order chi connectivity index (χ0) is 25.2. The smallest absolute Gasteiger partial charge is 0.453 e. The molecule has 35 heavy (non-hydrogen) atoms. The number of likely N-dealkylation sites (N-methyl/N-ethyl adjacent to an activating group) is 1. The van der Waals surface area contributed by atoms with Crippen molar-refractivity contribution in [2.75, 3.05) is 45.7 Å². The van der Waals surface area contributed by atoms with E-state index in [1.807, 2.05) is 48.2 Å². The molecule has 3 aromatic rings. The summed E-state index contributed by atoms with van der Waals surface area (Å²) < 4.78 is 45.5. The monoisotopic (exact) mass is 491 g/mol. The lowest BCUT2D eigenvalue weighted by molar-refractivity contribution is -0.146. The van der Waals surface area contributed by atoms with E-state index in [1.54, 1.807) is 13.2 Å². The summed E-state index contributed by atoms with van der Waals surface area (Å²) in [7, 11) is 5.53. The Morgan fingerprint density at radius 1 is 1.20 bits per heavy atom. The molecule has 1 aliphatic rings. The lowest BCUT2D eigenvalue weighted by Gasteiger charge is -2.32. The van der Waals surface area contributed by atoms with Gasteiger partial charge >= 0.3 is 6.18 Å². The molecule has 1 atom stereocenters. The zero-order valence-electron chi connectivity index (χ0n) is 19.8. The molecule has 0 bridgehead atoms. The van der Waals surface area contributed by atoms with E-state index in [-0.39, 0.29) is 23.5 Å². The largest absolute Gasteiger partial charge is 0.497 e. The Kier molecular flexibility index (Phi) is 7.10. The van der Waals surface area contributed by atoms with E-state index in [0.29, 0.717) is 42.8 Å². The van der Waals surface area contributed by atoms with Gasteiger partial charge in [0.25, 0.3) is 5.82 Å². The van der Waals surface area contributed by atoms with Gasteiger partial charge in [-0.3, -0.25) is 4.79 Å². The Balaban J connectivity index is 1.36. The van der Waals surface area contributed by atoms with Crippen LogP contribution < -0.4 is 15.0 Å². The molecule has 1 unspecified atom stereocenters. The number of halogens is 3. The third-order valence-corrected chi connectivity index (χ3v) is 6.26. The van der Waals surface area contributed by atoms with Crippen LogP contribution in [0.5, 0.6) is 5.75 Å². The van der Waals surface area contributed by atoms with Crippen molar-refractivity contribution in [3.63, 3.8) is 0 Å². The van der Waals surface area contributed by atoms with E-state index >= 15 is 0 Å². The van der Waals surface area contributed by atoms with Gasteiger partial charge < -0.3 is 19.9 Å². The lowest BCUT2D eigenvalue weighted by Crippen LogP contribution is -2.43. The van der Waals surface area contributed by atoms with Crippen LogP contribution in [0.4, 0.5) is 19.0 Å². The van der Waals surface area contributed by atoms with E-state index in [0.717, 1.165) is 11.3 Å². The van der Waals surface area contributed by atoms with Crippen LogP contribution in [-0.2, 0) is 11.0 Å². The number of hydrogen-bond donors (Lipinski definition) is 1. The highest BCUT2D eigenvalue weighted by atomic mass is 19.4. The SMILES string of the molecule is COc1cccc(C(CNC(=O)C2CCN(c3ccc4nnc(C(F)(F)F)n4n3)CC2)N(C)C)c1. The molecule has 1 aliphatic heterocycles. The fourth-order valence-corrected chi connectivity index (χ4v) is 4.28. The van der Waals surface area contributed by atoms with Gasteiger partial charge in [0.05, 0.1) is 13.2 Å². The minimum Gasteiger partial charge on any atom is -0.497 e. The van der Waals surface area contributed by atoms with E-state index in [2.05, 4.69) is 20.6 Å². The maximum atomic E-state index is 13.2. The third kappa shape index (κ3) is 5.47. The normalized spacial score (nSPS) is 16.0. The summed E-state index contributed by atoms with van der Waals surface area (Å²) in [4.78, 5) is 16.8. The van der Waals surface area contributed by atoms with Crippen molar-refractivity contribution < 1.29 is 22.7 Å². The van der Waals surface area contributed by atoms with Gasteiger partial charge in [-0.15, -0.1) is 15.3 Å². The van der Waals surface area contributed by atoms with Crippen molar-refractivity contribution in [1.29, 1.82) is 0 Å². The molecule has 12 heteroatoms. The molecule has 1 amide bonds. The molecule has 1 saturated heterocycles. The minimum absolute atomic E-state index is 0.0170. The number of carbonyl (C=O) groups excluding carboxylic acids is 1. The predicted octanol–water partition coefficient (Wildman–Crippen LogP) is 2.79. The zero-order valence-corrected chi connectivity index (χ0v) is 19.8. The molecule has 188 valence electrons. The molecular weight excluding hydrogens is 463 g/mol. The predicted molar refractivity (Wildman–Crippen MR) is 123 cm³/mol. The number of nitrogens with one attached hydrogen (secondary N) is 1. The van der Waals surface area contributed by atoms with Gasteiger partial charge in [0.1, 0.15) is 11.6 Å². The molecule has 3 heterocycles. The maximum Gasteiger partial charge on any atom is 0.453 e. The third-order valence-electron chi connectivity index (χ3n) is 6.26. The summed E-state index contributed by atoms with van der Waals surface area (Å²) in [5, 5.41) is 13.9. The lowest BCUT2D eigenvalue weighted by atomic mass is 9.95. The number of aromatic nitrogens is 4. The molecule has 1 aromatic carbocycles. The highest BCUT2D eigenvalue weighted by Gasteiger charge is 2.38. The fraction of sp³-hybridized carbons (Fsp3) is 0.478. The van der Waals surface area contributed by atoms with Gasteiger partial charge in [0.15, 0.2) is 5.65 Å². The van der Waals surface area contributed by atoms with Gasteiger partial charge in [-0.25, -0.2) is 0 Å². The van der Waals surface area contributed by atoms with Crippen molar-refractivity contribution in [2.45, 2.75) is 25.1 Å². The number of ether oxygens (including phenoxy) is 1. The number of alkyl halides is 3. The molecule has 0 aliphatic carbocycles. The Morgan fingerprint density at radius 3 is 2.60 bits per heavy atom. The van der Waals surface area contributed by atoms with Crippen molar-refractivity contribution in [3.8, 4) is 5.75 Å². The maximum absolute atomic E-state index is 13.2. The number of methoxy groups -OCH3 is 1. The quantitative estimate of drug-likeness (QED) is 0.544. The van der Waals surface area contributed by atoms with Crippen molar-refractivity contribution in [1.82, 2.24) is 30.0 Å². The first-order valence-electron chi connectivity index (χ1n) is 11.3. The van der Waals surface area contributed by atoms with Crippen LogP contribution in [0.15, 0.2) is 36.4 Å². The van der Waals surface area contributed by atoms with E-state index in [9.17, 15) is 18.0 Å². The van der Waals surface area contributed by atoms with Gasteiger partial charge in [-0.05, 0) is 56.8 Å². The van der Waals surface area contributed by atoms with E-state index in [4.69, 9.17) is 4.74 Å². The van der Waals surface area contributed by atoms with Crippen LogP contribution in [0.3, 0.4) is 0 Å². The van der Waals surface area contributed by atoms with E-state index in [1.165, 1.54) is 6.07 Å². The Morgan fingerprint density at radius 2 is 1.94 bits per heavy atom. The van der Waals surface area contributed by atoms with Crippen LogP contribution in [-0.4, -0.2) is 71.5 Å². The van der Waals surface area contributed by atoms with Crippen LogP contribution in [0.2, 0.25) is 0 Å². The first-order chi connectivity index (χ1) is 16.7. The van der Waals surface area contributed by atoms with Gasteiger partial charge in [-0.2, -0.15) is 17.7 Å². The minimum atomic E-state index is -4.65. The summed E-state index contributed by atoms with van der Waals surface area (Å²) in [6, 6.07) is 10.8. The number of benzene rings is 1. The second-order valence-corrected chi connectivity index (χ2v) is 8.75. The van der Waals surface area contributed by atoms with Crippen molar-refractivity contribution in [3.05, 3.63) is 47.8 Å². The number of nitrogens with zero attached hydrogens (tertiary/aromatic N) is 6. The van der Waals surface area contributed by atoms with Gasteiger partial charge in [0, 0.05) is 25.6 Å². The molecule has 9 nitrogen and oxygen atoms in total. The Labute approximate surface area is 200 Å². The topological polar surface area (TPSA) is 87.9 Å². The molecule has 1 fully saturated rings. The van der Waals surface area contributed by atoms with Crippen LogP contribution >= 0.6 is 0 Å². The fourth-order valence-electron chi connectivity index (χ4n) is 4.28. The van der Waals surface area contributed by atoms with Gasteiger partial charge in [0.2, 0.25) is 5.91 Å². The first kappa shape index (κ1) is 24.7. The average Bonchev–Trinajstić information content (AvgIpc) is 3.28. The second-order valence-electron chi connectivity index (χ2n) is 8.75. The standard InChI is InChI=1S/C23H28F3N7O2/c1-31(2)18(16-5-4-6-17(13-16)35-3)14-27-21(34)15-9-11-32(12-10-15)20-8-7-19-28-29-22(23(24,25)26)33(19)30-20/h4-8,13,15,18H,9-12,14H2,1-3H3,(H,27,34). The molecule has 1 N–H and O–H groups in total. The number of piperidine rings is 1. The summed E-state index contributed by atoms with van der Waals surface area (Å²) in [5.41, 5.74) is 1.07. The Hall–Kier alpha value is -3.41. The first-order valence-corrected chi connectivity index (χ1v) is 11.3. The second kappa shape index (κ2) is 10.1. The summed E-state index contributed by atoms with van der Waals surface area (Å²) in [5.74, 6) is -0.208. The molecule has 4 rings (SSSR count). The van der Waals surface area contributed by atoms with Crippen molar-refractivity contribution >= 4 is 17.4 Å². The number of carbonyl (C=O) groups is 1. The van der Waals surface area contributed by atoms with Crippen LogP contribution in [0.1, 0.15) is 30.3 Å². The number of rotatable bonds is 7. The molecule has 0 radical (unpaired) electrons. The Bertz CT molecular complexity index is 1170. The van der Waals surface area contributed by atoms with Crippen molar-refractivity contribution in [2.24, 2.45) is 5.92 Å². The van der Waals surface area contributed by atoms with Crippen LogP contribution in [0.25, 0.3) is 5.65 Å². The molecule has 2 aromatic heterocycles. The highest BCUT2D eigenvalue weighted by Crippen LogP contribution is 2.29. The van der Waals surface area contributed by atoms with E-state index < -0.39 is 12.0 Å². The number of anilines is 1. The number of amides is 1. The van der Waals surface area contributed by atoms with Gasteiger partial charge in [-0.1, -0.05) is 12.1 Å². The molecule has 0 saturated carbocycles. The highest BCUT2D eigenvalue weighted by molar-refractivity contribution is 5.79. The molecular formula is C23H28F3N7O2. The molecule has 0 spiro atoms. The number of fused-ring (bicyclic) bond motifs is 1. The number of hydrogen-bond acceptors (Lipinski definition) is 7. The van der Waals surface area contributed by atoms with Crippen LogP contribution in [0, 0.1) is 5.92 Å². The average molecular weight is 492 g/mol. The summed E-state index contributed by atoms with van der Waals surface area (Å²) in [6.45, 7) is 1.46. The summed E-state index contributed by atoms with van der Waals surface area (Å²) in [6.07, 6.45) is -3.50. The summed E-state index contributed by atoms with van der Waals surface area (Å²) >= 11 is 0.